The van der Waals surface area contributed by atoms with E-state index < -0.39 is 0 Å². The van der Waals surface area contributed by atoms with Gasteiger partial charge in [0.1, 0.15) is 0 Å². The molecule has 0 amide bonds. The summed E-state index contributed by atoms with van der Waals surface area (Å²) < 4.78 is 8.06. The Hall–Kier alpha value is 2.83. The summed E-state index contributed by atoms with van der Waals surface area (Å²) in [6.07, 6.45) is 0. The molecule has 0 aromatic carbocycles. The Bertz CT molecular complexity index is 16.0. The standard InChI is InChI=1S/Al.K.Mg.OSi.3O/c;;;1-2;;;/q+3;+1;2*+2;3*-2. The van der Waals surface area contributed by atoms with Crippen LogP contribution in [0, 0.1) is 0 Å². The van der Waals surface area contributed by atoms with Crippen LogP contribution >= 0.6 is 0 Å². The van der Waals surface area contributed by atoms with E-state index in [0.717, 1.165) is 0 Å². The molecule has 8 heteroatoms. The van der Waals surface area contributed by atoms with Gasteiger partial charge in [-0.25, -0.2) is 0 Å². The first-order chi connectivity index (χ1) is 1.00. The van der Waals surface area contributed by atoms with E-state index in [4.69, 9.17) is 4.46 Å². The molecule has 0 aliphatic heterocycles. The molecular weight excluding hydrogens is 182 g/mol. The fourth-order valence-electron chi connectivity index (χ4n) is 0. The largest absolute Gasteiger partial charge is 3.00 e. The molecule has 0 aliphatic carbocycles. The molecule has 32 valence electrons. The van der Waals surface area contributed by atoms with E-state index in [9.17, 15) is 0 Å². The van der Waals surface area contributed by atoms with Gasteiger partial charge in [0.05, 0.1) is 0 Å². The van der Waals surface area contributed by atoms with Crippen LogP contribution in [0.5, 0.6) is 0 Å². The maximum atomic E-state index is 8.06. The molecule has 0 saturated carbocycles. The van der Waals surface area contributed by atoms with E-state index in [1.807, 2.05) is 0 Å². The van der Waals surface area contributed by atoms with Crippen molar-refractivity contribution >= 4 is 50.5 Å². The molecule has 0 N–H and O–H groups in total. The number of hydrogen-bond acceptors (Lipinski definition) is 1. The van der Waals surface area contributed by atoms with Gasteiger partial charge in [0.15, 0.2) is 0 Å². The molecule has 0 radical (unpaired) electrons. The van der Waals surface area contributed by atoms with E-state index in [1.54, 1.807) is 10.1 Å². The quantitative estimate of drug-likeness (QED) is 0.346. The van der Waals surface area contributed by atoms with Crippen LogP contribution in [-0.4, -0.2) is 50.5 Å². The smallest absolute Gasteiger partial charge is 2.00 e. The van der Waals surface area contributed by atoms with Crippen LogP contribution in [-0.2, 0) is 20.9 Å². The maximum absolute atomic E-state index is 8.06. The Morgan fingerprint density at radius 1 is 0.875 bits per heavy atom. The van der Waals surface area contributed by atoms with E-state index >= 15 is 0 Å². The number of hydrogen-bond donors (Lipinski definition) is 0. The third kappa shape index (κ3) is 67.6. The zero-order valence-corrected chi connectivity index (χ0v) is 11.1. The molecule has 0 heterocycles. The predicted octanol–water partition coefficient (Wildman–Crippen LogP) is -4.61. The average Bonchev–Trinajstić information content (AvgIpc) is 1.00. The first-order valence-corrected chi connectivity index (χ1v) is 0.612. The van der Waals surface area contributed by atoms with Crippen LogP contribution in [0.25, 0.3) is 0 Å². The van der Waals surface area contributed by atoms with Gasteiger partial charge in [0.25, 0.3) is 0 Å². The van der Waals surface area contributed by atoms with Gasteiger partial charge in [-0.05, 0) is 0 Å². The zero-order valence-electron chi connectivity index (χ0n) is 4.42. The van der Waals surface area contributed by atoms with Crippen LogP contribution in [0.1, 0.15) is 0 Å². The molecule has 0 aromatic heterocycles. The third-order valence-corrected chi connectivity index (χ3v) is 0. The molecular formula is AlKMgO4Si+2. The van der Waals surface area contributed by atoms with Crippen molar-refractivity contribution in [3.05, 3.63) is 0 Å². The van der Waals surface area contributed by atoms with Crippen LogP contribution in [0.4, 0.5) is 0 Å². The van der Waals surface area contributed by atoms with Crippen molar-refractivity contribution in [1.29, 1.82) is 0 Å². The second-order valence-corrected chi connectivity index (χ2v) is 0. The first-order valence-electron chi connectivity index (χ1n) is 0.204. The van der Waals surface area contributed by atoms with Crippen molar-refractivity contribution < 1.29 is 72.3 Å². The van der Waals surface area contributed by atoms with Crippen LogP contribution in [0.3, 0.4) is 0 Å². The zero-order chi connectivity index (χ0) is 2.00. The Balaban J connectivity index is -0.000000000333. The second kappa shape index (κ2) is 95.6. The Morgan fingerprint density at radius 2 is 0.875 bits per heavy atom. The molecule has 0 spiro atoms. The van der Waals surface area contributed by atoms with Gasteiger partial charge in [-0.1, -0.05) is 0 Å². The van der Waals surface area contributed by atoms with E-state index in [0.29, 0.717) is 0 Å². The summed E-state index contributed by atoms with van der Waals surface area (Å²) >= 11 is 0. The minimum absolute atomic E-state index is 0. The van der Waals surface area contributed by atoms with E-state index in [1.165, 1.54) is 0 Å². The Kier molecular flexibility index (Phi) is 852. The molecule has 0 atom stereocenters. The van der Waals surface area contributed by atoms with Gasteiger partial charge in [0, 0.05) is 0 Å². The van der Waals surface area contributed by atoms with Gasteiger partial charge in [0.2, 0.25) is 0 Å². The molecule has 4 nitrogen and oxygen atoms in total. The summed E-state index contributed by atoms with van der Waals surface area (Å²) in [6.45, 7) is 0. The molecule has 0 fully saturated rings. The fraction of sp³-hybridized carbons (Fsp3) is 0. The average molecular weight is 182 g/mol. The number of rotatable bonds is 0. The van der Waals surface area contributed by atoms with Crippen LogP contribution < -0.4 is 51.4 Å². The third-order valence-electron chi connectivity index (χ3n) is 0. The van der Waals surface area contributed by atoms with E-state index in [-0.39, 0.29) is 108 Å². The van der Waals surface area contributed by atoms with Crippen molar-refractivity contribution in [3.63, 3.8) is 0 Å². The van der Waals surface area contributed by atoms with Crippen molar-refractivity contribution in [1.82, 2.24) is 0 Å². The molecule has 0 unspecified atom stereocenters. The Labute approximate surface area is 120 Å². The summed E-state index contributed by atoms with van der Waals surface area (Å²) in [5, 5.41) is 0. The summed E-state index contributed by atoms with van der Waals surface area (Å²) in [5.41, 5.74) is 0. The van der Waals surface area contributed by atoms with Gasteiger partial charge in [-0.2, -0.15) is 0 Å². The normalized spacial score (nSPS) is 0.750. The molecule has 0 rings (SSSR count). The second-order valence-electron chi connectivity index (χ2n) is 0. The monoisotopic (exact) mass is 182 g/mol. The molecule has 0 bridgehead atoms. The van der Waals surface area contributed by atoms with Gasteiger partial charge in [-0.15, -0.1) is 0 Å². The first kappa shape index (κ1) is 71.3. The summed E-state index contributed by atoms with van der Waals surface area (Å²) in [7, 11) is 1.72. The topological polar surface area (TPSA) is 103 Å². The minimum atomic E-state index is 0. The van der Waals surface area contributed by atoms with Crippen molar-refractivity contribution in [3.8, 4) is 0 Å². The predicted molar refractivity (Wildman–Crippen MR) is 20.0 cm³/mol. The van der Waals surface area contributed by atoms with Crippen molar-refractivity contribution in [2.45, 2.75) is 0 Å². The SMILES string of the molecule is O=[Si+2].[Al+3].[K+].[Mg+2].[O-2].[O-2].[O-2]. The van der Waals surface area contributed by atoms with Crippen molar-refractivity contribution in [2.24, 2.45) is 0 Å². The molecule has 0 saturated heterocycles. The summed E-state index contributed by atoms with van der Waals surface area (Å²) in [5.74, 6) is 0. The summed E-state index contributed by atoms with van der Waals surface area (Å²) in [6, 6.07) is 0. The van der Waals surface area contributed by atoms with Crippen molar-refractivity contribution in [2.75, 3.05) is 0 Å². The Morgan fingerprint density at radius 3 is 0.875 bits per heavy atom. The van der Waals surface area contributed by atoms with Gasteiger partial charge >= 0.3 is 106 Å². The van der Waals surface area contributed by atoms with Gasteiger partial charge in [-0.3, -0.25) is 0 Å². The molecule has 8 heavy (non-hydrogen) atoms. The molecule has 0 aliphatic rings. The maximum Gasteiger partial charge on any atom is 3.00 e. The van der Waals surface area contributed by atoms with Crippen LogP contribution in [0.15, 0.2) is 0 Å². The summed E-state index contributed by atoms with van der Waals surface area (Å²) in [4.78, 5) is 0. The van der Waals surface area contributed by atoms with E-state index in [2.05, 4.69) is 0 Å². The van der Waals surface area contributed by atoms with Crippen LogP contribution in [0.2, 0.25) is 0 Å². The fourth-order valence-corrected chi connectivity index (χ4v) is 0. The minimum Gasteiger partial charge on any atom is -2.00 e. The van der Waals surface area contributed by atoms with Gasteiger partial charge < -0.3 is 16.4 Å². The molecule has 0 aromatic rings.